The molecular weight excluding hydrogens is 220 g/mol. The van der Waals surface area contributed by atoms with E-state index in [0.29, 0.717) is 0 Å². The highest BCUT2D eigenvalue weighted by atomic mass is 15.0. The molecule has 0 aliphatic carbocycles. The van der Waals surface area contributed by atoms with Crippen LogP contribution in [0.3, 0.4) is 0 Å². The van der Waals surface area contributed by atoms with E-state index in [1.165, 1.54) is 77.0 Å². The number of unbranched alkanes of at least 4 members (excludes halogenated alkanes) is 11. The van der Waals surface area contributed by atoms with E-state index in [0.717, 1.165) is 6.54 Å². The molecule has 1 unspecified atom stereocenters. The van der Waals surface area contributed by atoms with Crippen LogP contribution in [0.1, 0.15) is 90.9 Å². The second-order valence-corrected chi connectivity index (χ2v) is 5.63. The standard InChI is InChI=1S/C16H36N2/c1-3-4-5-6-7-8-9-10-11-12-13-14-15-18-16(2)17/h16,18H,3-15,17H2,1-2H3. The van der Waals surface area contributed by atoms with Gasteiger partial charge in [-0.15, -0.1) is 0 Å². The minimum absolute atomic E-state index is 0.151. The molecule has 0 rings (SSSR count). The van der Waals surface area contributed by atoms with Crippen LogP contribution < -0.4 is 11.1 Å². The van der Waals surface area contributed by atoms with Crippen LogP contribution in [0.2, 0.25) is 0 Å². The zero-order chi connectivity index (χ0) is 13.5. The summed E-state index contributed by atoms with van der Waals surface area (Å²) < 4.78 is 0. The van der Waals surface area contributed by atoms with Crippen molar-refractivity contribution in [2.75, 3.05) is 6.54 Å². The molecule has 0 fully saturated rings. The first-order chi connectivity index (χ1) is 8.77. The Kier molecular flexibility index (Phi) is 14.9. The number of hydrogen-bond donors (Lipinski definition) is 2. The summed E-state index contributed by atoms with van der Waals surface area (Å²) in [5.74, 6) is 0. The molecular formula is C16H36N2. The third-order valence-corrected chi connectivity index (χ3v) is 3.50. The fraction of sp³-hybridized carbons (Fsp3) is 1.00. The summed E-state index contributed by atoms with van der Waals surface area (Å²) in [6, 6.07) is 0. The Morgan fingerprint density at radius 3 is 1.50 bits per heavy atom. The number of hydrogen-bond acceptors (Lipinski definition) is 2. The van der Waals surface area contributed by atoms with Crippen molar-refractivity contribution in [3.05, 3.63) is 0 Å². The molecule has 0 aliphatic rings. The lowest BCUT2D eigenvalue weighted by atomic mass is 10.1. The molecule has 1 atom stereocenters. The molecule has 0 saturated heterocycles. The van der Waals surface area contributed by atoms with Crippen molar-refractivity contribution >= 4 is 0 Å². The largest absolute Gasteiger partial charge is 0.316 e. The maximum Gasteiger partial charge on any atom is 0.0517 e. The van der Waals surface area contributed by atoms with Gasteiger partial charge >= 0.3 is 0 Å². The zero-order valence-electron chi connectivity index (χ0n) is 12.8. The van der Waals surface area contributed by atoms with E-state index in [4.69, 9.17) is 5.73 Å². The molecule has 0 aromatic heterocycles. The number of nitrogens with one attached hydrogen (secondary N) is 1. The molecule has 3 N–H and O–H groups in total. The fourth-order valence-corrected chi connectivity index (χ4v) is 2.30. The Hall–Kier alpha value is -0.0800. The van der Waals surface area contributed by atoms with Crippen molar-refractivity contribution in [3.63, 3.8) is 0 Å². The van der Waals surface area contributed by atoms with E-state index >= 15 is 0 Å². The van der Waals surface area contributed by atoms with Gasteiger partial charge in [-0.05, 0) is 19.9 Å². The van der Waals surface area contributed by atoms with Crippen LogP contribution in [0, 0.1) is 0 Å². The lowest BCUT2D eigenvalue weighted by Gasteiger charge is -2.07. The van der Waals surface area contributed by atoms with Crippen LogP contribution in [-0.4, -0.2) is 12.7 Å². The molecule has 0 radical (unpaired) electrons. The first kappa shape index (κ1) is 17.9. The van der Waals surface area contributed by atoms with E-state index in [1.807, 2.05) is 6.92 Å². The van der Waals surface area contributed by atoms with Crippen LogP contribution in [0.25, 0.3) is 0 Å². The maximum atomic E-state index is 5.62. The molecule has 0 aromatic rings. The third-order valence-electron chi connectivity index (χ3n) is 3.50. The van der Waals surface area contributed by atoms with Crippen LogP contribution in [0.4, 0.5) is 0 Å². The average molecular weight is 256 g/mol. The summed E-state index contributed by atoms with van der Waals surface area (Å²) in [6.45, 7) is 5.36. The summed E-state index contributed by atoms with van der Waals surface area (Å²) in [7, 11) is 0. The highest BCUT2D eigenvalue weighted by Crippen LogP contribution is 2.11. The van der Waals surface area contributed by atoms with Gasteiger partial charge in [-0.3, -0.25) is 0 Å². The van der Waals surface area contributed by atoms with Crippen LogP contribution in [0.15, 0.2) is 0 Å². The molecule has 0 amide bonds. The molecule has 0 saturated carbocycles. The number of nitrogens with two attached hydrogens (primary N) is 1. The molecule has 18 heavy (non-hydrogen) atoms. The Labute approximate surface area is 115 Å². The second kappa shape index (κ2) is 15.0. The SMILES string of the molecule is CCCCCCCCCCCCCCNC(C)N. The molecule has 0 bridgehead atoms. The minimum atomic E-state index is 0.151. The lowest BCUT2D eigenvalue weighted by molar-refractivity contribution is 0.513. The van der Waals surface area contributed by atoms with E-state index in [-0.39, 0.29) is 6.17 Å². The van der Waals surface area contributed by atoms with E-state index in [9.17, 15) is 0 Å². The van der Waals surface area contributed by atoms with Crippen molar-refractivity contribution in [1.82, 2.24) is 5.32 Å². The van der Waals surface area contributed by atoms with Crippen LogP contribution >= 0.6 is 0 Å². The Balaban J connectivity index is 2.90. The van der Waals surface area contributed by atoms with Gasteiger partial charge in [-0.25, -0.2) is 0 Å². The van der Waals surface area contributed by atoms with Gasteiger partial charge in [0, 0.05) is 0 Å². The van der Waals surface area contributed by atoms with Gasteiger partial charge in [0.15, 0.2) is 0 Å². The van der Waals surface area contributed by atoms with Crippen molar-refractivity contribution in [3.8, 4) is 0 Å². The van der Waals surface area contributed by atoms with Gasteiger partial charge in [0.1, 0.15) is 0 Å². The van der Waals surface area contributed by atoms with Gasteiger partial charge in [0.2, 0.25) is 0 Å². The summed E-state index contributed by atoms with van der Waals surface area (Å²) in [5.41, 5.74) is 5.62. The van der Waals surface area contributed by atoms with E-state index < -0.39 is 0 Å². The van der Waals surface area contributed by atoms with Gasteiger partial charge in [-0.1, -0.05) is 77.6 Å². The van der Waals surface area contributed by atoms with Gasteiger partial charge in [0.05, 0.1) is 6.17 Å². The first-order valence-electron chi connectivity index (χ1n) is 8.26. The van der Waals surface area contributed by atoms with E-state index in [2.05, 4.69) is 12.2 Å². The minimum Gasteiger partial charge on any atom is -0.316 e. The fourth-order valence-electron chi connectivity index (χ4n) is 2.30. The molecule has 0 heterocycles. The van der Waals surface area contributed by atoms with Gasteiger partial charge < -0.3 is 11.1 Å². The summed E-state index contributed by atoms with van der Waals surface area (Å²) in [6.07, 6.45) is 17.1. The average Bonchev–Trinajstić information content (AvgIpc) is 2.34. The van der Waals surface area contributed by atoms with Gasteiger partial charge in [-0.2, -0.15) is 0 Å². The van der Waals surface area contributed by atoms with Crippen molar-refractivity contribution in [2.24, 2.45) is 5.73 Å². The number of rotatable bonds is 14. The quantitative estimate of drug-likeness (QED) is 0.352. The summed E-state index contributed by atoms with van der Waals surface area (Å²) in [4.78, 5) is 0. The molecule has 0 spiro atoms. The molecule has 0 aromatic carbocycles. The molecule has 2 heteroatoms. The van der Waals surface area contributed by atoms with Crippen LogP contribution in [0.5, 0.6) is 0 Å². The molecule has 110 valence electrons. The van der Waals surface area contributed by atoms with E-state index in [1.54, 1.807) is 0 Å². The highest BCUT2D eigenvalue weighted by molar-refractivity contribution is 4.52. The van der Waals surface area contributed by atoms with Crippen molar-refractivity contribution in [2.45, 2.75) is 97.1 Å². The maximum absolute atomic E-state index is 5.62. The summed E-state index contributed by atoms with van der Waals surface area (Å²) in [5, 5.41) is 3.26. The lowest BCUT2D eigenvalue weighted by Crippen LogP contribution is -2.34. The first-order valence-corrected chi connectivity index (χ1v) is 8.26. The topological polar surface area (TPSA) is 38.0 Å². The molecule has 2 nitrogen and oxygen atoms in total. The third kappa shape index (κ3) is 15.9. The zero-order valence-corrected chi connectivity index (χ0v) is 12.8. The second-order valence-electron chi connectivity index (χ2n) is 5.63. The predicted molar refractivity (Wildman–Crippen MR) is 82.7 cm³/mol. The monoisotopic (exact) mass is 256 g/mol. The van der Waals surface area contributed by atoms with Crippen molar-refractivity contribution < 1.29 is 0 Å². The Bertz CT molecular complexity index is 146. The summed E-state index contributed by atoms with van der Waals surface area (Å²) >= 11 is 0. The normalized spacial score (nSPS) is 12.8. The molecule has 0 aliphatic heterocycles. The Morgan fingerprint density at radius 2 is 1.11 bits per heavy atom. The predicted octanol–water partition coefficient (Wildman–Crippen LogP) is 4.58. The highest BCUT2D eigenvalue weighted by Gasteiger charge is 1.94. The van der Waals surface area contributed by atoms with Crippen molar-refractivity contribution in [1.29, 1.82) is 0 Å². The van der Waals surface area contributed by atoms with Crippen LogP contribution in [-0.2, 0) is 0 Å². The smallest absolute Gasteiger partial charge is 0.0517 e. The Morgan fingerprint density at radius 1 is 0.722 bits per heavy atom. The van der Waals surface area contributed by atoms with Gasteiger partial charge in [0.25, 0.3) is 0 Å².